The second-order valence-corrected chi connectivity index (χ2v) is 5.30. The first kappa shape index (κ1) is 16.0. The summed E-state index contributed by atoms with van der Waals surface area (Å²) in [6, 6.07) is 14.5. The van der Waals surface area contributed by atoms with Gasteiger partial charge >= 0.3 is 0 Å². The third-order valence-corrected chi connectivity index (χ3v) is 3.40. The number of benzene rings is 2. The second-order valence-electron chi connectivity index (χ2n) is 5.30. The minimum atomic E-state index is -0.203. The van der Waals surface area contributed by atoms with Crippen molar-refractivity contribution >= 4 is 22.6 Å². The van der Waals surface area contributed by atoms with Crippen LogP contribution >= 0.6 is 0 Å². The van der Waals surface area contributed by atoms with Crippen LogP contribution in [-0.4, -0.2) is 43.9 Å². The van der Waals surface area contributed by atoms with Gasteiger partial charge in [0.2, 0.25) is 11.8 Å². The molecular formula is C17H21N3O2. The fourth-order valence-corrected chi connectivity index (χ4v) is 2.27. The number of likely N-dealkylation sites (N-methyl/N-ethyl adjacent to an activating group) is 2. The Morgan fingerprint density at radius 1 is 1.05 bits per heavy atom. The number of carbonyl (C=O) groups is 2. The van der Waals surface area contributed by atoms with Gasteiger partial charge in [0, 0.05) is 13.6 Å². The summed E-state index contributed by atoms with van der Waals surface area (Å²) < 4.78 is 0. The summed E-state index contributed by atoms with van der Waals surface area (Å²) in [4.78, 5) is 24.7. The minimum absolute atomic E-state index is 0.0130. The first-order valence-electron chi connectivity index (χ1n) is 7.22. The Bertz CT molecular complexity index is 670. The topological polar surface area (TPSA) is 61.4 Å². The first-order chi connectivity index (χ1) is 10.6. The van der Waals surface area contributed by atoms with Crippen LogP contribution in [-0.2, 0) is 16.1 Å². The van der Waals surface area contributed by atoms with Crippen LogP contribution in [0.15, 0.2) is 42.5 Å². The molecule has 0 bridgehead atoms. The lowest BCUT2D eigenvalue weighted by atomic mass is 10.1. The summed E-state index contributed by atoms with van der Waals surface area (Å²) in [5.41, 5.74) is 1.15. The molecule has 0 aliphatic carbocycles. The van der Waals surface area contributed by atoms with Gasteiger partial charge in [-0.25, -0.2) is 0 Å². The van der Waals surface area contributed by atoms with Gasteiger partial charge in [-0.3, -0.25) is 14.5 Å². The van der Waals surface area contributed by atoms with Gasteiger partial charge in [-0.15, -0.1) is 0 Å². The third kappa shape index (κ3) is 4.56. The van der Waals surface area contributed by atoms with Crippen molar-refractivity contribution in [2.45, 2.75) is 6.54 Å². The molecule has 0 fully saturated rings. The minimum Gasteiger partial charge on any atom is -0.358 e. The van der Waals surface area contributed by atoms with E-state index in [1.165, 1.54) is 10.8 Å². The summed E-state index contributed by atoms with van der Waals surface area (Å²) in [7, 11) is 3.43. The molecule has 0 aliphatic heterocycles. The maximum Gasteiger partial charge on any atom is 0.239 e. The fourth-order valence-electron chi connectivity index (χ4n) is 2.27. The van der Waals surface area contributed by atoms with E-state index in [1.54, 1.807) is 7.05 Å². The van der Waals surface area contributed by atoms with Crippen molar-refractivity contribution in [3.8, 4) is 0 Å². The molecule has 5 heteroatoms. The van der Waals surface area contributed by atoms with Crippen molar-refractivity contribution in [3.05, 3.63) is 48.0 Å². The molecule has 0 saturated heterocycles. The van der Waals surface area contributed by atoms with Crippen LogP contribution in [0, 0.1) is 0 Å². The number of fused-ring (bicyclic) bond motifs is 1. The van der Waals surface area contributed by atoms with Gasteiger partial charge < -0.3 is 10.6 Å². The highest BCUT2D eigenvalue weighted by atomic mass is 16.2. The summed E-state index contributed by atoms with van der Waals surface area (Å²) in [5, 5.41) is 7.45. The Morgan fingerprint density at radius 3 is 2.50 bits per heavy atom. The molecule has 116 valence electrons. The monoisotopic (exact) mass is 299 g/mol. The van der Waals surface area contributed by atoms with Crippen molar-refractivity contribution in [1.82, 2.24) is 15.5 Å². The molecule has 5 nitrogen and oxygen atoms in total. The highest BCUT2D eigenvalue weighted by Gasteiger charge is 2.08. The molecule has 22 heavy (non-hydrogen) atoms. The third-order valence-electron chi connectivity index (χ3n) is 3.40. The second kappa shape index (κ2) is 7.56. The zero-order valence-electron chi connectivity index (χ0n) is 12.9. The molecule has 2 amide bonds. The number of carbonyl (C=O) groups excluding carboxylic acids is 2. The van der Waals surface area contributed by atoms with Gasteiger partial charge in [0.1, 0.15) is 0 Å². The first-order valence-corrected chi connectivity index (χ1v) is 7.22. The van der Waals surface area contributed by atoms with Crippen molar-refractivity contribution in [3.63, 3.8) is 0 Å². The number of nitrogens with zero attached hydrogens (tertiary/aromatic N) is 1. The number of hydrogen-bond acceptors (Lipinski definition) is 3. The summed E-state index contributed by atoms with van der Waals surface area (Å²) >= 11 is 0. The highest BCUT2D eigenvalue weighted by molar-refractivity contribution is 5.85. The fraction of sp³-hybridized carbons (Fsp3) is 0.294. The number of amides is 2. The Balaban J connectivity index is 1.88. The molecule has 0 spiro atoms. The number of hydrogen-bond donors (Lipinski definition) is 2. The highest BCUT2D eigenvalue weighted by Crippen LogP contribution is 2.16. The van der Waals surface area contributed by atoms with Crippen LogP contribution in [0.3, 0.4) is 0 Å². The molecular weight excluding hydrogens is 278 g/mol. The summed E-state index contributed by atoms with van der Waals surface area (Å²) in [6.45, 7) is 0.946. The normalized spacial score (nSPS) is 10.7. The van der Waals surface area contributed by atoms with E-state index >= 15 is 0 Å². The maximum absolute atomic E-state index is 11.7. The quantitative estimate of drug-likeness (QED) is 0.841. The van der Waals surface area contributed by atoms with Gasteiger partial charge in [-0.05, 0) is 29.4 Å². The molecule has 0 radical (unpaired) electrons. The average molecular weight is 299 g/mol. The van der Waals surface area contributed by atoms with Crippen molar-refractivity contribution in [2.24, 2.45) is 0 Å². The lowest BCUT2D eigenvalue weighted by Crippen LogP contribution is -2.40. The summed E-state index contributed by atoms with van der Waals surface area (Å²) in [5.74, 6) is -0.363. The Hall–Kier alpha value is -2.40. The van der Waals surface area contributed by atoms with Crippen molar-refractivity contribution in [2.75, 3.05) is 27.2 Å². The largest absolute Gasteiger partial charge is 0.358 e. The zero-order valence-corrected chi connectivity index (χ0v) is 12.9. The van der Waals surface area contributed by atoms with E-state index in [-0.39, 0.29) is 24.9 Å². The van der Waals surface area contributed by atoms with Gasteiger partial charge in [0.15, 0.2) is 0 Å². The zero-order chi connectivity index (χ0) is 15.9. The van der Waals surface area contributed by atoms with E-state index in [9.17, 15) is 9.59 Å². The molecule has 2 rings (SSSR count). The van der Waals surface area contributed by atoms with E-state index in [1.807, 2.05) is 24.1 Å². The van der Waals surface area contributed by atoms with Gasteiger partial charge in [-0.1, -0.05) is 36.4 Å². The van der Waals surface area contributed by atoms with E-state index in [4.69, 9.17) is 0 Å². The SMILES string of the molecule is CNC(=O)CNC(=O)CN(C)Cc1ccc2ccccc2c1. The molecule has 0 aromatic heterocycles. The van der Waals surface area contributed by atoms with E-state index in [0.717, 1.165) is 5.56 Å². The predicted molar refractivity (Wildman–Crippen MR) is 87.4 cm³/mol. The molecule has 2 aromatic carbocycles. The molecule has 0 unspecified atom stereocenters. The number of rotatable bonds is 6. The lowest BCUT2D eigenvalue weighted by molar-refractivity contribution is -0.126. The van der Waals surface area contributed by atoms with Crippen molar-refractivity contribution in [1.29, 1.82) is 0 Å². The van der Waals surface area contributed by atoms with E-state index < -0.39 is 0 Å². The molecule has 2 N–H and O–H groups in total. The average Bonchev–Trinajstić information content (AvgIpc) is 2.52. The van der Waals surface area contributed by atoms with Crippen LogP contribution in [0.2, 0.25) is 0 Å². The molecule has 0 atom stereocenters. The van der Waals surface area contributed by atoms with Crippen LogP contribution in [0.25, 0.3) is 10.8 Å². The standard InChI is InChI=1S/C17H21N3O2/c1-18-16(21)10-19-17(22)12-20(2)11-13-7-8-14-5-3-4-6-15(14)9-13/h3-9H,10-12H2,1-2H3,(H,18,21)(H,19,22). The van der Waals surface area contributed by atoms with Gasteiger partial charge in [-0.2, -0.15) is 0 Å². The predicted octanol–water partition coefficient (Wildman–Crippen LogP) is 1.13. The maximum atomic E-state index is 11.7. The van der Waals surface area contributed by atoms with Crippen LogP contribution in [0.4, 0.5) is 0 Å². The number of nitrogens with one attached hydrogen (secondary N) is 2. The Kier molecular flexibility index (Phi) is 5.49. The lowest BCUT2D eigenvalue weighted by Gasteiger charge is -2.16. The molecule has 0 saturated carbocycles. The van der Waals surface area contributed by atoms with Crippen LogP contribution in [0.5, 0.6) is 0 Å². The van der Waals surface area contributed by atoms with Gasteiger partial charge in [0.05, 0.1) is 13.1 Å². The Labute approximate surface area is 130 Å². The van der Waals surface area contributed by atoms with E-state index in [0.29, 0.717) is 6.54 Å². The van der Waals surface area contributed by atoms with Crippen LogP contribution in [0.1, 0.15) is 5.56 Å². The van der Waals surface area contributed by atoms with Gasteiger partial charge in [0.25, 0.3) is 0 Å². The van der Waals surface area contributed by atoms with Crippen molar-refractivity contribution < 1.29 is 9.59 Å². The Morgan fingerprint density at radius 2 is 1.77 bits per heavy atom. The van der Waals surface area contributed by atoms with E-state index in [2.05, 4.69) is 41.0 Å². The molecule has 2 aromatic rings. The smallest absolute Gasteiger partial charge is 0.239 e. The molecule has 0 heterocycles. The molecule has 0 aliphatic rings. The van der Waals surface area contributed by atoms with Crippen LogP contribution < -0.4 is 10.6 Å². The summed E-state index contributed by atoms with van der Waals surface area (Å²) in [6.07, 6.45) is 0.